The van der Waals surface area contributed by atoms with Crippen molar-refractivity contribution in [3.05, 3.63) is 107 Å². The summed E-state index contributed by atoms with van der Waals surface area (Å²) < 4.78 is 55.9. The van der Waals surface area contributed by atoms with Crippen LogP contribution >= 0.6 is 0 Å². The summed E-state index contributed by atoms with van der Waals surface area (Å²) in [5.41, 5.74) is 1.19. The number of fused-ring (bicyclic) bond motifs is 3. The molecule has 0 fully saturated rings. The molecule has 0 aliphatic carbocycles. The molecule has 4 aromatic rings. The lowest BCUT2D eigenvalue weighted by molar-refractivity contribution is -0.274. The van der Waals surface area contributed by atoms with Crippen molar-refractivity contribution in [1.82, 2.24) is 10.2 Å². The fraction of sp³-hybridized carbons (Fsp3) is 0.273. The van der Waals surface area contributed by atoms with Crippen molar-refractivity contribution < 1.29 is 37.0 Å². The molecular formula is C33H29F3N2O5. The lowest BCUT2D eigenvalue weighted by atomic mass is 9.85. The summed E-state index contributed by atoms with van der Waals surface area (Å²) in [5, 5.41) is 4.88. The van der Waals surface area contributed by atoms with Crippen LogP contribution < -0.4 is 14.8 Å². The van der Waals surface area contributed by atoms with Crippen LogP contribution in [0.5, 0.6) is 11.5 Å². The van der Waals surface area contributed by atoms with Gasteiger partial charge in [-0.15, -0.1) is 13.2 Å². The minimum Gasteiger partial charge on any atom is -0.484 e. The smallest absolute Gasteiger partial charge is 0.484 e. The number of nitrogens with one attached hydrogen (secondary N) is 1. The maximum absolute atomic E-state index is 13.7. The standard InChI is InChI=1S/C33H29F3N2O5/c1-19(23-14-8-11-20-9-4-6-12-24(20)23)37-31(40)41-29-28(38-18-21-10-5-7-13-25(21)30(38)39)26-17-22(42-33(34,35)36)15-16-27(26)43-32(29,2)3/h4-17,19,28-29H,18H2,1-3H3,(H,37,40)/t19?,28-,29+/m0/s1. The number of hydrogen-bond acceptors (Lipinski definition) is 5. The zero-order valence-corrected chi connectivity index (χ0v) is 23.6. The van der Waals surface area contributed by atoms with Gasteiger partial charge >= 0.3 is 12.5 Å². The summed E-state index contributed by atoms with van der Waals surface area (Å²) in [7, 11) is 0. The molecule has 4 aromatic carbocycles. The molecule has 1 unspecified atom stereocenters. The minimum absolute atomic E-state index is 0.174. The number of hydrogen-bond donors (Lipinski definition) is 1. The zero-order valence-electron chi connectivity index (χ0n) is 23.6. The molecule has 1 N–H and O–H groups in total. The van der Waals surface area contributed by atoms with Gasteiger partial charge in [0, 0.05) is 17.7 Å². The van der Waals surface area contributed by atoms with Crippen molar-refractivity contribution in [1.29, 1.82) is 0 Å². The summed E-state index contributed by atoms with van der Waals surface area (Å²) in [5.74, 6) is -0.543. The highest BCUT2D eigenvalue weighted by Crippen LogP contribution is 2.48. The molecule has 2 heterocycles. The van der Waals surface area contributed by atoms with E-state index in [2.05, 4.69) is 10.1 Å². The van der Waals surface area contributed by atoms with Crippen LogP contribution in [-0.4, -0.2) is 35.0 Å². The van der Waals surface area contributed by atoms with Gasteiger partial charge in [-0.05, 0) is 66.9 Å². The second kappa shape index (κ2) is 10.5. The monoisotopic (exact) mass is 590 g/mol. The second-order valence-corrected chi connectivity index (χ2v) is 11.2. The molecule has 0 radical (unpaired) electrons. The number of alkyl carbamates (subject to hydrolysis) is 1. The van der Waals surface area contributed by atoms with Gasteiger partial charge < -0.3 is 24.4 Å². The third kappa shape index (κ3) is 5.45. The Kier molecular flexibility index (Phi) is 6.95. The van der Waals surface area contributed by atoms with Crippen molar-refractivity contribution in [3.63, 3.8) is 0 Å². The SMILES string of the molecule is CC(NC(=O)O[C@@H]1[C@@H](N2Cc3ccccc3C2=O)c2cc(OC(F)(F)F)ccc2OC1(C)C)c1cccc2ccccc12. The number of halogens is 3. The van der Waals surface area contributed by atoms with Gasteiger partial charge in [-0.3, -0.25) is 4.79 Å². The highest BCUT2D eigenvalue weighted by Gasteiger charge is 2.52. The predicted octanol–water partition coefficient (Wildman–Crippen LogP) is 7.46. The lowest BCUT2D eigenvalue weighted by Gasteiger charge is -2.46. The number of ether oxygens (including phenoxy) is 3. The number of carbonyl (C=O) groups excluding carboxylic acids is 2. The maximum Gasteiger partial charge on any atom is 0.573 e. The van der Waals surface area contributed by atoms with Crippen LogP contribution in [0, 0.1) is 0 Å². The van der Waals surface area contributed by atoms with Gasteiger partial charge in [0.15, 0.2) is 6.10 Å². The zero-order chi connectivity index (χ0) is 30.5. The first-order valence-corrected chi connectivity index (χ1v) is 13.8. The minimum atomic E-state index is -4.92. The first kappa shape index (κ1) is 28.4. The molecule has 3 atom stereocenters. The Morgan fingerprint density at radius 1 is 1.02 bits per heavy atom. The Bertz CT molecular complexity index is 1720. The highest BCUT2D eigenvalue weighted by atomic mass is 19.4. The van der Waals surface area contributed by atoms with Gasteiger partial charge in [0.25, 0.3) is 5.91 Å². The van der Waals surface area contributed by atoms with Crippen LogP contribution in [0.25, 0.3) is 10.8 Å². The highest BCUT2D eigenvalue weighted by molar-refractivity contribution is 5.98. The van der Waals surface area contributed by atoms with Crippen LogP contribution in [0.4, 0.5) is 18.0 Å². The molecule has 10 heteroatoms. The van der Waals surface area contributed by atoms with Crippen molar-refractivity contribution in [2.75, 3.05) is 0 Å². The Morgan fingerprint density at radius 2 is 1.74 bits per heavy atom. The summed E-state index contributed by atoms with van der Waals surface area (Å²) in [6.07, 6.45) is -6.78. The molecule has 0 saturated carbocycles. The average Bonchev–Trinajstić information content (AvgIpc) is 3.28. The number of amides is 2. The van der Waals surface area contributed by atoms with Gasteiger partial charge in [-0.25, -0.2) is 4.79 Å². The molecular weight excluding hydrogens is 561 g/mol. The number of rotatable bonds is 5. The Hall–Kier alpha value is -4.73. The van der Waals surface area contributed by atoms with E-state index in [1.54, 1.807) is 26.0 Å². The van der Waals surface area contributed by atoms with E-state index in [-0.39, 0.29) is 23.8 Å². The molecule has 2 aliphatic heterocycles. The predicted molar refractivity (Wildman–Crippen MR) is 153 cm³/mol. The van der Waals surface area contributed by atoms with E-state index in [0.717, 1.165) is 28.0 Å². The molecule has 0 spiro atoms. The first-order chi connectivity index (χ1) is 20.4. The van der Waals surface area contributed by atoms with Crippen LogP contribution in [0.3, 0.4) is 0 Å². The van der Waals surface area contributed by atoms with Crippen molar-refractivity contribution in [2.45, 2.75) is 57.5 Å². The summed E-state index contributed by atoms with van der Waals surface area (Å²) >= 11 is 0. The molecule has 222 valence electrons. The molecule has 2 aliphatic rings. The molecule has 43 heavy (non-hydrogen) atoms. The van der Waals surface area contributed by atoms with Crippen molar-refractivity contribution in [2.24, 2.45) is 0 Å². The first-order valence-electron chi connectivity index (χ1n) is 13.8. The molecule has 0 saturated heterocycles. The maximum atomic E-state index is 13.7. The molecule has 7 nitrogen and oxygen atoms in total. The van der Waals surface area contributed by atoms with E-state index in [1.807, 2.05) is 61.5 Å². The number of nitrogens with zero attached hydrogens (tertiary/aromatic N) is 1. The average molecular weight is 591 g/mol. The van der Waals surface area contributed by atoms with Gasteiger partial charge in [0.2, 0.25) is 0 Å². The molecule has 6 rings (SSSR count). The normalized spacial score (nSPS) is 19.7. The number of alkyl halides is 3. The van der Waals surface area contributed by atoms with Crippen LogP contribution in [-0.2, 0) is 11.3 Å². The largest absolute Gasteiger partial charge is 0.573 e. The van der Waals surface area contributed by atoms with Crippen LogP contribution in [0.15, 0.2) is 84.9 Å². The summed E-state index contributed by atoms with van der Waals surface area (Å²) in [6.45, 7) is 5.43. The van der Waals surface area contributed by atoms with Crippen LogP contribution in [0.1, 0.15) is 59.9 Å². The molecule has 0 bridgehead atoms. The van der Waals surface area contributed by atoms with Crippen molar-refractivity contribution >= 4 is 22.8 Å². The van der Waals surface area contributed by atoms with E-state index < -0.39 is 42.0 Å². The topological polar surface area (TPSA) is 77.1 Å². The third-order valence-corrected chi connectivity index (χ3v) is 7.92. The fourth-order valence-electron chi connectivity index (χ4n) is 6.00. The summed E-state index contributed by atoms with van der Waals surface area (Å²) in [4.78, 5) is 28.7. The fourth-order valence-corrected chi connectivity index (χ4v) is 6.00. The lowest BCUT2D eigenvalue weighted by Crippen LogP contribution is -2.56. The van der Waals surface area contributed by atoms with E-state index in [0.29, 0.717) is 5.56 Å². The van der Waals surface area contributed by atoms with Gasteiger partial charge in [0.05, 0.1) is 6.04 Å². The van der Waals surface area contributed by atoms with E-state index in [9.17, 15) is 22.8 Å². The Labute approximate surface area is 246 Å². The second-order valence-electron chi connectivity index (χ2n) is 11.2. The van der Waals surface area contributed by atoms with Crippen LogP contribution in [0.2, 0.25) is 0 Å². The Morgan fingerprint density at radius 3 is 2.51 bits per heavy atom. The number of benzene rings is 4. The quantitative estimate of drug-likeness (QED) is 0.261. The van der Waals surface area contributed by atoms with Gasteiger partial charge in [0.1, 0.15) is 23.1 Å². The van der Waals surface area contributed by atoms with Gasteiger partial charge in [-0.1, -0.05) is 60.7 Å². The molecule has 2 amide bonds. The van der Waals surface area contributed by atoms with Crippen molar-refractivity contribution in [3.8, 4) is 11.5 Å². The number of carbonyl (C=O) groups is 2. The Balaban J connectivity index is 1.35. The van der Waals surface area contributed by atoms with E-state index >= 15 is 0 Å². The van der Waals surface area contributed by atoms with E-state index in [4.69, 9.17) is 9.47 Å². The third-order valence-electron chi connectivity index (χ3n) is 7.92. The summed E-state index contributed by atoms with van der Waals surface area (Å²) in [6, 6.07) is 23.0. The van der Waals surface area contributed by atoms with E-state index in [1.165, 1.54) is 17.0 Å². The van der Waals surface area contributed by atoms with Gasteiger partial charge in [-0.2, -0.15) is 0 Å². The molecule has 0 aromatic heterocycles.